The summed E-state index contributed by atoms with van der Waals surface area (Å²) in [4.78, 5) is 28.5. The average molecular weight is 572 g/mol. The van der Waals surface area contributed by atoms with Gasteiger partial charge in [-0.3, -0.25) is 13.9 Å². The number of para-hydroxylation sites is 1. The highest BCUT2D eigenvalue weighted by Gasteiger charge is 2.31. The fraction of sp³-hybridized carbons (Fsp3) is 0.333. The Morgan fingerprint density at radius 2 is 1.50 bits per heavy atom. The molecule has 0 aliphatic rings. The fourth-order valence-corrected chi connectivity index (χ4v) is 5.32. The summed E-state index contributed by atoms with van der Waals surface area (Å²) < 4.78 is 53.8. The van der Waals surface area contributed by atoms with E-state index in [9.17, 15) is 26.8 Å². The van der Waals surface area contributed by atoms with E-state index in [1.165, 1.54) is 41.3 Å². The van der Waals surface area contributed by atoms with Crippen LogP contribution in [0.2, 0.25) is 0 Å². The van der Waals surface area contributed by atoms with E-state index in [1.807, 2.05) is 44.2 Å². The Morgan fingerprint density at radius 3 is 2.10 bits per heavy atom. The van der Waals surface area contributed by atoms with Crippen LogP contribution < -0.4 is 9.62 Å². The zero-order chi connectivity index (χ0) is 29.3. The fourth-order valence-electron chi connectivity index (χ4n) is 4.36. The average Bonchev–Trinajstić information content (AvgIpc) is 2.89. The van der Waals surface area contributed by atoms with Crippen molar-refractivity contribution >= 4 is 27.5 Å². The SMILES string of the molecule is CC(C)NC(=O)[C@H](Cc1ccccc1)N(Cc1ccc(F)cc1)C(=O)CCCN(c1ccccc1F)S(C)(=O)=O. The maximum absolute atomic E-state index is 14.4. The Balaban J connectivity index is 1.88. The number of anilines is 1. The van der Waals surface area contributed by atoms with Crippen molar-refractivity contribution < 1.29 is 26.8 Å². The van der Waals surface area contributed by atoms with Crippen LogP contribution in [0.3, 0.4) is 0 Å². The number of hydrogen-bond acceptors (Lipinski definition) is 4. The summed E-state index contributed by atoms with van der Waals surface area (Å²) in [6.07, 6.45) is 1.22. The second kappa shape index (κ2) is 14.0. The Bertz CT molecular complexity index is 1380. The molecule has 3 aromatic carbocycles. The number of sulfonamides is 1. The molecule has 1 N–H and O–H groups in total. The predicted octanol–water partition coefficient (Wildman–Crippen LogP) is 4.68. The van der Waals surface area contributed by atoms with E-state index < -0.39 is 27.7 Å². The minimum atomic E-state index is -3.83. The van der Waals surface area contributed by atoms with Crippen molar-refractivity contribution in [3.8, 4) is 0 Å². The van der Waals surface area contributed by atoms with Crippen molar-refractivity contribution in [1.82, 2.24) is 10.2 Å². The predicted molar refractivity (Wildman–Crippen MR) is 152 cm³/mol. The topological polar surface area (TPSA) is 86.8 Å². The number of halogens is 2. The van der Waals surface area contributed by atoms with Gasteiger partial charge in [-0.15, -0.1) is 0 Å². The molecule has 0 saturated carbocycles. The Kier molecular flexibility index (Phi) is 10.8. The molecule has 1 atom stereocenters. The van der Waals surface area contributed by atoms with Gasteiger partial charge in [-0.25, -0.2) is 17.2 Å². The van der Waals surface area contributed by atoms with Gasteiger partial charge in [-0.1, -0.05) is 54.6 Å². The highest BCUT2D eigenvalue weighted by atomic mass is 32.2. The number of benzene rings is 3. The molecular weight excluding hydrogens is 536 g/mol. The van der Waals surface area contributed by atoms with Crippen LogP contribution in [-0.2, 0) is 32.6 Å². The summed E-state index contributed by atoms with van der Waals surface area (Å²) in [5, 5.41) is 2.89. The lowest BCUT2D eigenvalue weighted by molar-refractivity contribution is -0.141. The van der Waals surface area contributed by atoms with E-state index in [1.54, 1.807) is 12.1 Å². The van der Waals surface area contributed by atoms with Crippen molar-refractivity contribution in [2.45, 2.75) is 51.7 Å². The molecule has 214 valence electrons. The summed E-state index contributed by atoms with van der Waals surface area (Å²) >= 11 is 0. The van der Waals surface area contributed by atoms with Crippen molar-refractivity contribution in [3.05, 3.63) is 102 Å². The Morgan fingerprint density at radius 1 is 0.875 bits per heavy atom. The van der Waals surface area contributed by atoms with Crippen LogP contribution in [0.25, 0.3) is 0 Å². The molecule has 10 heteroatoms. The van der Waals surface area contributed by atoms with Crippen molar-refractivity contribution in [1.29, 1.82) is 0 Å². The van der Waals surface area contributed by atoms with Gasteiger partial charge in [0.1, 0.15) is 17.7 Å². The second-order valence-electron chi connectivity index (χ2n) is 9.91. The van der Waals surface area contributed by atoms with Gasteiger partial charge in [0.15, 0.2) is 0 Å². The Hall–Kier alpha value is -3.79. The zero-order valence-electron chi connectivity index (χ0n) is 22.9. The van der Waals surface area contributed by atoms with Crippen LogP contribution in [0, 0.1) is 11.6 Å². The zero-order valence-corrected chi connectivity index (χ0v) is 23.7. The largest absolute Gasteiger partial charge is 0.352 e. The first-order chi connectivity index (χ1) is 19.0. The molecule has 7 nitrogen and oxygen atoms in total. The molecule has 40 heavy (non-hydrogen) atoms. The van der Waals surface area contributed by atoms with Gasteiger partial charge in [0, 0.05) is 32.0 Å². The van der Waals surface area contributed by atoms with E-state index in [0.29, 0.717) is 5.56 Å². The first-order valence-corrected chi connectivity index (χ1v) is 14.9. The molecule has 0 aliphatic carbocycles. The van der Waals surface area contributed by atoms with Gasteiger partial charge < -0.3 is 10.2 Å². The van der Waals surface area contributed by atoms with Crippen LogP contribution in [0.5, 0.6) is 0 Å². The first kappa shape index (κ1) is 30.7. The number of nitrogens with one attached hydrogen (secondary N) is 1. The van der Waals surface area contributed by atoms with Gasteiger partial charge in [0.2, 0.25) is 21.8 Å². The number of carbonyl (C=O) groups is 2. The summed E-state index contributed by atoms with van der Waals surface area (Å²) in [6, 6.07) is 19.5. The summed E-state index contributed by atoms with van der Waals surface area (Å²) in [5.74, 6) is -1.83. The van der Waals surface area contributed by atoms with Gasteiger partial charge in [-0.05, 0) is 55.7 Å². The van der Waals surface area contributed by atoms with Gasteiger partial charge >= 0.3 is 0 Å². The highest BCUT2D eigenvalue weighted by Crippen LogP contribution is 2.23. The van der Waals surface area contributed by atoms with Crippen LogP contribution >= 0.6 is 0 Å². The summed E-state index contributed by atoms with van der Waals surface area (Å²) in [6.45, 7) is 3.57. The molecule has 3 aromatic rings. The molecular formula is C30H35F2N3O4S. The second-order valence-corrected chi connectivity index (χ2v) is 11.8. The lowest BCUT2D eigenvalue weighted by atomic mass is 10.0. The maximum Gasteiger partial charge on any atom is 0.243 e. The van der Waals surface area contributed by atoms with Crippen molar-refractivity contribution in [3.63, 3.8) is 0 Å². The molecule has 0 unspecified atom stereocenters. The maximum atomic E-state index is 14.4. The quantitative estimate of drug-likeness (QED) is 0.323. The van der Waals surface area contributed by atoms with Crippen LogP contribution in [0.15, 0.2) is 78.9 Å². The van der Waals surface area contributed by atoms with Crippen molar-refractivity contribution in [2.75, 3.05) is 17.1 Å². The lowest BCUT2D eigenvalue weighted by Crippen LogP contribution is -2.51. The molecule has 2 amide bonds. The van der Waals surface area contributed by atoms with Crippen LogP contribution in [-0.4, -0.2) is 50.0 Å². The number of rotatable bonds is 13. The standard InChI is InChI=1S/C30H35F2N3O4S/c1-22(2)33-30(37)28(20-23-10-5-4-6-11-23)34(21-24-15-17-25(31)18-16-24)29(36)14-9-19-35(40(3,38)39)27-13-8-7-12-26(27)32/h4-8,10-13,15-18,22,28H,9,14,19-21H2,1-3H3,(H,33,37)/t28-/m0/s1. The summed E-state index contributed by atoms with van der Waals surface area (Å²) in [5.41, 5.74) is 1.39. The third-order valence-corrected chi connectivity index (χ3v) is 7.42. The minimum Gasteiger partial charge on any atom is -0.352 e. The van der Waals surface area contributed by atoms with E-state index >= 15 is 0 Å². The third kappa shape index (κ3) is 8.87. The number of carbonyl (C=O) groups excluding carboxylic acids is 2. The van der Waals surface area contributed by atoms with Gasteiger partial charge in [-0.2, -0.15) is 0 Å². The molecule has 0 saturated heterocycles. The number of amides is 2. The highest BCUT2D eigenvalue weighted by molar-refractivity contribution is 7.92. The minimum absolute atomic E-state index is 0.0469. The number of hydrogen-bond donors (Lipinski definition) is 1. The molecule has 0 aromatic heterocycles. The Labute approximate surface area is 234 Å². The van der Waals surface area contributed by atoms with Crippen molar-refractivity contribution in [2.24, 2.45) is 0 Å². The molecule has 0 radical (unpaired) electrons. The molecule has 0 spiro atoms. The van der Waals surface area contributed by atoms with Crippen LogP contribution in [0.4, 0.5) is 14.5 Å². The number of nitrogens with zero attached hydrogens (tertiary/aromatic N) is 2. The monoisotopic (exact) mass is 571 g/mol. The van der Waals surface area contributed by atoms with E-state index in [-0.39, 0.29) is 55.9 Å². The smallest absolute Gasteiger partial charge is 0.243 e. The molecule has 3 rings (SSSR count). The third-order valence-electron chi connectivity index (χ3n) is 6.24. The lowest BCUT2D eigenvalue weighted by Gasteiger charge is -2.32. The van der Waals surface area contributed by atoms with E-state index in [2.05, 4.69) is 5.32 Å². The summed E-state index contributed by atoms with van der Waals surface area (Å²) in [7, 11) is -3.83. The molecule has 0 fully saturated rings. The van der Waals surface area contributed by atoms with E-state index in [0.717, 1.165) is 16.1 Å². The first-order valence-electron chi connectivity index (χ1n) is 13.1. The molecule has 0 heterocycles. The van der Waals surface area contributed by atoms with Gasteiger partial charge in [0.05, 0.1) is 11.9 Å². The van der Waals surface area contributed by atoms with E-state index in [4.69, 9.17) is 0 Å². The van der Waals surface area contributed by atoms with Crippen LogP contribution in [0.1, 0.15) is 37.8 Å². The molecule has 0 aliphatic heterocycles. The normalized spacial score (nSPS) is 12.2. The van der Waals surface area contributed by atoms with Gasteiger partial charge in [0.25, 0.3) is 0 Å². The molecule has 0 bridgehead atoms.